The molecule has 1 N–H and O–H groups in total. The molecule has 0 heterocycles. The first-order chi connectivity index (χ1) is 6.63. The highest BCUT2D eigenvalue weighted by molar-refractivity contribution is 5.89. The zero-order valence-electron chi connectivity index (χ0n) is 8.15. The highest BCUT2D eigenvalue weighted by atomic mass is 16.5. The molecule has 1 aromatic rings. The van der Waals surface area contributed by atoms with Crippen molar-refractivity contribution in [3.8, 4) is 5.75 Å². The molecule has 0 spiro atoms. The Morgan fingerprint density at radius 3 is 2.36 bits per heavy atom. The molecular weight excluding hydrogens is 180 g/mol. The average molecular weight is 192 g/mol. The van der Waals surface area contributed by atoms with Gasteiger partial charge in [-0.2, -0.15) is 0 Å². The van der Waals surface area contributed by atoms with Crippen molar-refractivity contribution >= 4 is 11.5 Å². The van der Waals surface area contributed by atoms with Crippen LogP contribution in [-0.2, 0) is 4.79 Å². The van der Waals surface area contributed by atoms with Gasteiger partial charge in [-0.05, 0) is 30.2 Å². The quantitative estimate of drug-likeness (QED) is 0.746. The molecule has 0 saturated heterocycles. The fourth-order valence-corrected chi connectivity index (χ4v) is 1.12. The van der Waals surface area contributed by atoms with Gasteiger partial charge in [-0.25, -0.2) is 4.79 Å². The Bertz CT molecular complexity index is 349. The lowest BCUT2D eigenvalue weighted by Crippen LogP contribution is -1.90. The molecular formula is C11H12O3. The molecule has 0 radical (unpaired) electrons. The van der Waals surface area contributed by atoms with Gasteiger partial charge in [0.2, 0.25) is 0 Å². The summed E-state index contributed by atoms with van der Waals surface area (Å²) in [6.07, 6.45) is 1.18. The number of carboxylic acid groups (broad SMARTS) is 1. The second-order valence-corrected chi connectivity index (χ2v) is 2.89. The first kappa shape index (κ1) is 10.3. The van der Waals surface area contributed by atoms with E-state index in [1.54, 1.807) is 26.2 Å². The van der Waals surface area contributed by atoms with Gasteiger partial charge in [0, 0.05) is 6.08 Å². The molecule has 14 heavy (non-hydrogen) atoms. The summed E-state index contributed by atoms with van der Waals surface area (Å²) in [5, 5.41) is 8.54. The minimum atomic E-state index is -0.932. The maximum atomic E-state index is 10.4. The van der Waals surface area contributed by atoms with Crippen molar-refractivity contribution in [2.75, 3.05) is 7.11 Å². The number of benzene rings is 1. The van der Waals surface area contributed by atoms with Gasteiger partial charge < -0.3 is 9.84 Å². The Kier molecular flexibility index (Phi) is 3.29. The predicted molar refractivity (Wildman–Crippen MR) is 54.3 cm³/mol. The van der Waals surface area contributed by atoms with Crippen molar-refractivity contribution in [2.45, 2.75) is 6.92 Å². The fourth-order valence-electron chi connectivity index (χ4n) is 1.12. The smallest absolute Gasteiger partial charge is 0.328 e. The summed E-state index contributed by atoms with van der Waals surface area (Å²) >= 11 is 0. The van der Waals surface area contributed by atoms with Crippen LogP contribution in [0.15, 0.2) is 30.3 Å². The van der Waals surface area contributed by atoms with E-state index in [4.69, 9.17) is 9.84 Å². The number of rotatable bonds is 3. The van der Waals surface area contributed by atoms with Crippen molar-refractivity contribution in [3.63, 3.8) is 0 Å². The molecule has 0 saturated carbocycles. The van der Waals surface area contributed by atoms with E-state index in [-0.39, 0.29) is 0 Å². The second kappa shape index (κ2) is 4.46. The van der Waals surface area contributed by atoms with Crippen LogP contribution in [0.1, 0.15) is 12.5 Å². The number of methoxy groups -OCH3 is 1. The summed E-state index contributed by atoms with van der Waals surface area (Å²) in [4.78, 5) is 10.4. The first-order valence-corrected chi connectivity index (χ1v) is 4.19. The minimum absolute atomic E-state index is 0.722. The molecule has 0 aliphatic carbocycles. The zero-order valence-corrected chi connectivity index (χ0v) is 8.15. The van der Waals surface area contributed by atoms with Gasteiger partial charge in [0.05, 0.1) is 7.11 Å². The molecule has 0 aliphatic rings. The van der Waals surface area contributed by atoms with E-state index in [1.165, 1.54) is 6.08 Å². The van der Waals surface area contributed by atoms with Gasteiger partial charge >= 0.3 is 5.97 Å². The second-order valence-electron chi connectivity index (χ2n) is 2.89. The van der Waals surface area contributed by atoms with Gasteiger partial charge in [-0.1, -0.05) is 12.1 Å². The van der Waals surface area contributed by atoms with Crippen molar-refractivity contribution in [1.82, 2.24) is 0 Å². The van der Waals surface area contributed by atoms with Crippen LogP contribution in [0.25, 0.3) is 5.57 Å². The molecule has 0 atom stereocenters. The van der Waals surface area contributed by atoms with Gasteiger partial charge in [-0.3, -0.25) is 0 Å². The van der Waals surface area contributed by atoms with Gasteiger partial charge in [0.25, 0.3) is 0 Å². The van der Waals surface area contributed by atoms with Crippen LogP contribution < -0.4 is 4.74 Å². The van der Waals surface area contributed by atoms with E-state index in [2.05, 4.69) is 0 Å². The average Bonchev–Trinajstić information content (AvgIpc) is 2.17. The number of hydrogen-bond donors (Lipinski definition) is 1. The number of aliphatic carboxylic acids is 1. The van der Waals surface area contributed by atoms with Gasteiger partial charge in [0.15, 0.2) is 0 Å². The third-order valence-corrected chi connectivity index (χ3v) is 1.89. The molecule has 0 bridgehead atoms. The summed E-state index contributed by atoms with van der Waals surface area (Å²) in [5.74, 6) is -0.171. The van der Waals surface area contributed by atoms with Crippen LogP contribution in [0.5, 0.6) is 5.75 Å². The van der Waals surface area contributed by atoms with E-state index in [0.717, 1.165) is 16.9 Å². The first-order valence-electron chi connectivity index (χ1n) is 4.19. The summed E-state index contributed by atoms with van der Waals surface area (Å²) in [7, 11) is 1.59. The number of ether oxygens (including phenoxy) is 1. The van der Waals surface area contributed by atoms with Crippen LogP contribution in [-0.4, -0.2) is 18.2 Å². The maximum absolute atomic E-state index is 10.4. The lowest BCUT2D eigenvalue weighted by atomic mass is 10.1. The van der Waals surface area contributed by atoms with Gasteiger partial charge in [-0.15, -0.1) is 0 Å². The zero-order chi connectivity index (χ0) is 10.6. The molecule has 74 valence electrons. The number of allylic oxidation sites excluding steroid dienone is 1. The van der Waals surface area contributed by atoms with E-state index in [1.807, 2.05) is 12.1 Å². The minimum Gasteiger partial charge on any atom is -0.497 e. The highest BCUT2D eigenvalue weighted by Crippen LogP contribution is 2.17. The predicted octanol–water partition coefficient (Wildman–Crippen LogP) is 2.18. The number of hydrogen-bond acceptors (Lipinski definition) is 2. The lowest BCUT2D eigenvalue weighted by molar-refractivity contribution is -0.131. The van der Waals surface area contributed by atoms with Crippen molar-refractivity contribution < 1.29 is 14.6 Å². The molecule has 0 unspecified atom stereocenters. The Balaban J connectivity index is 2.92. The van der Waals surface area contributed by atoms with E-state index >= 15 is 0 Å². The molecule has 0 aromatic heterocycles. The Morgan fingerprint density at radius 1 is 1.36 bits per heavy atom. The number of carbonyl (C=O) groups is 1. The molecule has 3 nitrogen and oxygen atoms in total. The third-order valence-electron chi connectivity index (χ3n) is 1.89. The molecule has 1 aromatic carbocycles. The van der Waals surface area contributed by atoms with Crippen molar-refractivity contribution in [3.05, 3.63) is 35.9 Å². The van der Waals surface area contributed by atoms with Crippen LogP contribution in [0.3, 0.4) is 0 Å². The number of carboxylic acids is 1. The normalized spacial score (nSPS) is 11.1. The van der Waals surface area contributed by atoms with E-state index < -0.39 is 5.97 Å². The third kappa shape index (κ3) is 2.62. The summed E-state index contributed by atoms with van der Waals surface area (Å²) < 4.78 is 4.99. The van der Waals surface area contributed by atoms with Crippen molar-refractivity contribution in [2.24, 2.45) is 0 Å². The van der Waals surface area contributed by atoms with Crippen LogP contribution in [0.2, 0.25) is 0 Å². The fraction of sp³-hybridized carbons (Fsp3) is 0.182. The monoisotopic (exact) mass is 192 g/mol. The SMILES string of the molecule is COc1ccc(C(C)=CC(=O)O)cc1. The van der Waals surface area contributed by atoms with Crippen molar-refractivity contribution in [1.29, 1.82) is 0 Å². The van der Waals surface area contributed by atoms with Crippen LogP contribution >= 0.6 is 0 Å². The summed E-state index contributed by atoms with van der Waals surface area (Å²) in [6, 6.07) is 7.25. The van der Waals surface area contributed by atoms with Crippen LogP contribution in [0.4, 0.5) is 0 Å². The Morgan fingerprint density at radius 2 is 1.93 bits per heavy atom. The topological polar surface area (TPSA) is 46.5 Å². The standard InChI is InChI=1S/C11H12O3/c1-8(7-11(12)13)9-3-5-10(14-2)6-4-9/h3-7H,1-2H3,(H,12,13). The van der Waals surface area contributed by atoms with E-state index in [0.29, 0.717) is 0 Å². The molecule has 0 aliphatic heterocycles. The van der Waals surface area contributed by atoms with Gasteiger partial charge in [0.1, 0.15) is 5.75 Å². The summed E-state index contributed by atoms with van der Waals surface area (Å²) in [6.45, 7) is 1.76. The molecule has 0 amide bonds. The Labute approximate surface area is 82.6 Å². The largest absolute Gasteiger partial charge is 0.497 e. The Hall–Kier alpha value is -1.77. The maximum Gasteiger partial charge on any atom is 0.328 e. The molecule has 1 rings (SSSR count). The molecule has 3 heteroatoms. The summed E-state index contributed by atoms with van der Waals surface area (Å²) in [5.41, 5.74) is 1.60. The molecule has 0 fully saturated rings. The van der Waals surface area contributed by atoms with Crippen LogP contribution in [0, 0.1) is 0 Å². The highest BCUT2D eigenvalue weighted by Gasteiger charge is 1.98. The van der Waals surface area contributed by atoms with E-state index in [9.17, 15) is 4.79 Å². The lowest BCUT2D eigenvalue weighted by Gasteiger charge is -2.02.